The summed E-state index contributed by atoms with van der Waals surface area (Å²) >= 11 is 2.60. The van der Waals surface area contributed by atoms with Gasteiger partial charge in [-0.2, -0.15) is 0 Å². The van der Waals surface area contributed by atoms with Crippen molar-refractivity contribution in [2.75, 3.05) is 17.7 Å². The minimum atomic E-state index is -0.452. The predicted molar refractivity (Wildman–Crippen MR) is 112 cm³/mol. The molecule has 0 saturated carbocycles. The minimum absolute atomic E-state index is 0.189. The van der Waals surface area contributed by atoms with E-state index in [-0.39, 0.29) is 18.3 Å². The summed E-state index contributed by atoms with van der Waals surface area (Å²) in [5, 5.41) is 4.47. The summed E-state index contributed by atoms with van der Waals surface area (Å²) in [5.74, 6) is -0.470. The molecular formula is C19H22N4O3S2. The van der Waals surface area contributed by atoms with Gasteiger partial charge in [0.1, 0.15) is 9.71 Å². The van der Waals surface area contributed by atoms with Crippen LogP contribution in [0.3, 0.4) is 0 Å². The first-order valence-corrected chi connectivity index (χ1v) is 10.8. The lowest BCUT2D eigenvalue weighted by atomic mass is 10.1. The Morgan fingerprint density at radius 1 is 1.32 bits per heavy atom. The number of pyridine rings is 1. The Labute approximate surface area is 171 Å². The number of aryl methyl sites for hydroxylation is 3. The van der Waals surface area contributed by atoms with Gasteiger partial charge in [0.2, 0.25) is 5.91 Å². The normalized spacial score (nSPS) is 11.0. The SMILES string of the molecule is CCOC(=O)c1sc2nc(C)cc(C)c2c1NC(=O)CSc1nccn1CC. The fraction of sp³-hybridized carbons (Fsp3) is 0.368. The van der Waals surface area contributed by atoms with Crippen LogP contribution in [0.4, 0.5) is 5.69 Å². The Balaban J connectivity index is 1.88. The molecule has 0 spiro atoms. The van der Waals surface area contributed by atoms with Gasteiger partial charge in [-0.25, -0.2) is 14.8 Å². The molecule has 1 amide bonds. The first kappa shape index (κ1) is 20.3. The molecule has 0 aliphatic carbocycles. The second-order valence-corrected chi connectivity index (χ2v) is 8.06. The van der Waals surface area contributed by atoms with Gasteiger partial charge in [0.05, 0.1) is 18.0 Å². The van der Waals surface area contributed by atoms with Gasteiger partial charge < -0.3 is 14.6 Å². The van der Waals surface area contributed by atoms with Crippen LogP contribution in [0.25, 0.3) is 10.2 Å². The number of anilines is 1. The summed E-state index contributed by atoms with van der Waals surface area (Å²) in [6, 6.07) is 1.94. The highest BCUT2D eigenvalue weighted by Crippen LogP contribution is 2.37. The first-order chi connectivity index (χ1) is 13.4. The third kappa shape index (κ3) is 4.20. The van der Waals surface area contributed by atoms with Crippen LogP contribution in [-0.4, -0.2) is 38.8 Å². The second kappa shape index (κ2) is 8.74. The highest BCUT2D eigenvalue weighted by atomic mass is 32.2. The number of rotatable bonds is 7. The van der Waals surface area contributed by atoms with Crippen LogP contribution < -0.4 is 5.32 Å². The summed E-state index contributed by atoms with van der Waals surface area (Å²) < 4.78 is 7.14. The zero-order valence-corrected chi connectivity index (χ0v) is 17.9. The number of esters is 1. The molecule has 0 aromatic carbocycles. The first-order valence-electron chi connectivity index (χ1n) is 8.96. The van der Waals surface area contributed by atoms with E-state index in [2.05, 4.69) is 15.3 Å². The van der Waals surface area contributed by atoms with Gasteiger partial charge >= 0.3 is 5.97 Å². The highest BCUT2D eigenvalue weighted by Gasteiger charge is 2.23. The topological polar surface area (TPSA) is 86.1 Å². The Morgan fingerprint density at radius 2 is 2.11 bits per heavy atom. The maximum Gasteiger partial charge on any atom is 0.350 e. The molecule has 0 radical (unpaired) electrons. The summed E-state index contributed by atoms with van der Waals surface area (Å²) in [7, 11) is 0. The molecule has 0 fully saturated rings. The number of carbonyl (C=O) groups excluding carboxylic acids is 2. The van der Waals surface area contributed by atoms with Gasteiger partial charge in [0, 0.05) is 30.0 Å². The van der Waals surface area contributed by atoms with Gasteiger partial charge in [0.25, 0.3) is 0 Å². The van der Waals surface area contributed by atoms with E-state index in [1.165, 1.54) is 23.1 Å². The number of thiophene rings is 1. The largest absolute Gasteiger partial charge is 0.462 e. The molecule has 3 aromatic heterocycles. The summed E-state index contributed by atoms with van der Waals surface area (Å²) in [6.07, 6.45) is 3.59. The molecule has 0 aliphatic heterocycles. The number of hydrogen-bond acceptors (Lipinski definition) is 7. The van der Waals surface area contributed by atoms with Gasteiger partial charge in [-0.05, 0) is 39.3 Å². The number of nitrogens with one attached hydrogen (secondary N) is 1. The molecule has 3 aromatic rings. The second-order valence-electron chi connectivity index (χ2n) is 6.12. The smallest absolute Gasteiger partial charge is 0.350 e. The number of imidazole rings is 1. The van der Waals surface area contributed by atoms with Crippen LogP contribution >= 0.6 is 23.1 Å². The van der Waals surface area contributed by atoms with Crippen LogP contribution in [-0.2, 0) is 16.1 Å². The lowest BCUT2D eigenvalue weighted by Gasteiger charge is -2.09. The summed E-state index contributed by atoms with van der Waals surface area (Å²) in [5.41, 5.74) is 2.30. The molecule has 0 bridgehead atoms. The Hall–Kier alpha value is -2.39. The van der Waals surface area contributed by atoms with Crippen LogP contribution in [0.5, 0.6) is 0 Å². The number of ether oxygens (including phenoxy) is 1. The van der Waals surface area contributed by atoms with E-state index in [4.69, 9.17) is 4.74 Å². The molecule has 0 aliphatic rings. The lowest BCUT2D eigenvalue weighted by Crippen LogP contribution is -2.17. The third-order valence-electron chi connectivity index (χ3n) is 4.06. The number of thioether (sulfide) groups is 1. The quantitative estimate of drug-likeness (QED) is 0.460. The molecular weight excluding hydrogens is 396 g/mol. The van der Waals surface area contributed by atoms with Crippen molar-refractivity contribution in [1.29, 1.82) is 0 Å². The van der Waals surface area contributed by atoms with Gasteiger partial charge in [-0.1, -0.05) is 11.8 Å². The molecule has 0 saturated heterocycles. The van der Waals surface area contributed by atoms with Crippen LogP contribution in [0.15, 0.2) is 23.6 Å². The van der Waals surface area contributed by atoms with Crippen LogP contribution in [0.1, 0.15) is 34.8 Å². The zero-order valence-electron chi connectivity index (χ0n) is 16.2. The van der Waals surface area contributed by atoms with E-state index in [1.807, 2.05) is 37.6 Å². The highest BCUT2D eigenvalue weighted by molar-refractivity contribution is 7.99. The van der Waals surface area contributed by atoms with Crippen molar-refractivity contribution in [3.05, 3.63) is 34.6 Å². The molecule has 9 heteroatoms. The van der Waals surface area contributed by atoms with Gasteiger partial charge in [0.15, 0.2) is 5.16 Å². The lowest BCUT2D eigenvalue weighted by molar-refractivity contribution is -0.113. The summed E-state index contributed by atoms with van der Waals surface area (Å²) in [6.45, 7) is 8.68. The molecule has 7 nitrogen and oxygen atoms in total. The third-order valence-corrected chi connectivity index (χ3v) is 6.13. The molecule has 3 heterocycles. The van der Waals surface area contributed by atoms with Crippen molar-refractivity contribution in [2.24, 2.45) is 0 Å². The molecule has 0 atom stereocenters. The minimum Gasteiger partial charge on any atom is -0.462 e. The maximum absolute atomic E-state index is 12.6. The van der Waals surface area contributed by atoms with Crippen molar-refractivity contribution in [2.45, 2.75) is 39.4 Å². The van der Waals surface area contributed by atoms with Crippen molar-refractivity contribution < 1.29 is 14.3 Å². The van der Waals surface area contributed by atoms with Gasteiger partial charge in [-0.3, -0.25) is 4.79 Å². The maximum atomic E-state index is 12.6. The van der Waals surface area contributed by atoms with Crippen molar-refractivity contribution >= 4 is 50.9 Å². The fourth-order valence-corrected chi connectivity index (χ4v) is 4.85. The average Bonchev–Trinajstić information content (AvgIpc) is 3.24. The molecule has 148 valence electrons. The summed E-state index contributed by atoms with van der Waals surface area (Å²) in [4.78, 5) is 34.9. The molecule has 3 rings (SSSR count). The Bertz CT molecular complexity index is 1030. The number of aromatic nitrogens is 3. The number of nitrogens with zero attached hydrogens (tertiary/aromatic N) is 3. The van der Waals surface area contributed by atoms with E-state index in [0.717, 1.165) is 28.3 Å². The monoisotopic (exact) mass is 418 g/mol. The number of amides is 1. The molecule has 0 unspecified atom stereocenters. The van der Waals surface area contributed by atoms with E-state index in [1.54, 1.807) is 13.1 Å². The van der Waals surface area contributed by atoms with Crippen molar-refractivity contribution in [3.8, 4) is 0 Å². The van der Waals surface area contributed by atoms with Crippen molar-refractivity contribution in [1.82, 2.24) is 14.5 Å². The van der Waals surface area contributed by atoms with Crippen LogP contribution in [0.2, 0.25) is 0 Å². The van der Waals surface area contributed by atoms with E-state index in [9.17, 15) is 9.59 Å². The standard InChI is InChI=1S/C19H22N4O3S2/c1-5-23-8-7-20-19(23)27-10-13(24)22-15-14-11(3)9-12(4)21-17(14)28-16(15)18(25)26-6-2/h7-9H,5-6,10H2,1-4H3,(H,22,24). The molecule has 28 heavy (non-hydrogen) atoms. The van der Waals surface area contributed by atoms with E-state index >= 15 is 0 Å². The van der Waals surface area contributed by atoms with Crippen LogP contribution in [0, 0.1) is 13.8 Å². The Kier molecular flexibility index (Phi) is 6.35. The number of hydrogen-bond donors (Lipinski definition) is 1. The predicted octanol–water partition coefficient (Wildman–Crippen LogP) is 4.04. The van der Waals surface area contributed by atoms with E-state index < -0.39 is 5.97 Å². The average molecular weight is 419 g/mol. The Morgan fingerprint density at radius 3 is 2.82 bits per heavy atom. The van der Waals surface area contributed by atoms with E-state index in [0.29, 0.717) is 15.4 Å². The fourth-order valence-electron chi connectivity index (χ4n) is 2.88. The van der Waals surface area contributed by atoms with Crippen molar-refractivity contribution in [3.63, 3.8) is 0 Å². The number of carbonyl (C=O) groups is 2. The zero-order chi connectivity index (χ0) is 20.3. The number of fused-ring (bicyclic) bond motifs is 1. The van der Waals surface area contributed by atoms with Gasteiger partial charge in [-0.15, -0.1) is 11.3 Å². The molecule has 1 N–H and O–H groups in total.